The molecule has 1 aliphatic rings. The van der Waals surface area contributed by atoms with E-state index in [0.717, 1.165) is 30.2 Å². The van der Waals surface area contributed by atoms with Crippen LogP contribution in [0.2, 0.25) is 0 Å². The fourth-order valence-corrected chi connectivity index (χ4v) is 3.43. The molecule has 2 aromatic carbocycles. The molecule has 0 aliphatic carbocycles. The molecule has 0 spiro atoms. The van der Waals surface area contributed by atoms with E-state index < -0.39 is 11.0 Å². The Balaban J connectivity index is 1.45. The van der Waals surface area contributed by atoms with Crippen molar-refractivity contribution in [3.05, 3.63) is 70.0 Å². The summed E-state index contributed by atoms with van der Waals surface area (Å²) in [5.74, 6) is 2.30. The standard InChI is InChI=1S/C23H24N6O5/c1-15-3-4-17(26-21-14-22(25-16(2)24-21)28-9-11-33-12-10-28)13-20(15)27-23(30)34-19-7-5-18(6-8-19)29(31)32/h3-8,13-14H,9-12H2,1-2H3,(H,27,30)(H,24,25,26). The molecule has 2 heterocycles. The molecule has 1 aliphatic heterocycles. The molecule has 1 saturated heterocycles. The molecule has 0 atom stereocenters. The number of aromatic nitrogens is 2. The Morgan fingerprint density at radius 1 is 1.09 bits per heavy atom. The number of non-ortho nitro benzene ring substituents is 1. The molecule has 1 aromatic heterocycles. The van der Waals surface area contributed by atoms with Crippen LogP contribution in [0.25, 0.3) is 0 Å². The van der Waals surface area contributed by atoms with Crippen molar-refractivity contribution in [1.29, 1.82) is 0 Å². The first kappa shape index (κ1) is 22.9. The number of ether oxygens (including phenoxy) is 2. The number of carbonyl (C=O) groups excluding carboxylic acids is 1. The summed E-state index contributed by atoms with van der Waals surface area (Å²) in [5.41, 5.74) is 2.02. The van der Waals surface area contributed by atoms with Crippen molar-refractivity contribution in [3.8, 4) is 5.75 Å². The molecule has 34 heavy (non-hydrogen) atoms. The maximum absolute atomic E-state index is 12.4. The third kappa shape index (κ3) is 5.75. The van der Waals surface area contributed by atoms with Crippen LogP contribution >= 0.6 is 0 Å². The summed E-state index contributed by atoms with van der Waals surface area (Å²) in [6.07, 6.45) is -0.707. The van der Waals surface area contributed by atoms with Gasteiger partial charge in [0.05, 0.1) is 18.1 Å². The maximum Gasteiger partial charge on any atom is 0.417 e. The normalized spacial score (nSPS) is 13.3. The summed E-state index contributed by atoms with van der Waals surface area (Å²) >= 11 is 0. The van der Waals surface area contributed by atoms with E-state index in [4.69, 9.17) is 9.47 Å². The number of nitrogens with zero attached hydrogens (tertiary/aromatic N) is 4. The average Bonchev–Trinajstić information content (AvgIpc) is 2.82. The van der Waals surface area contributed by atoms with Crippen LogP contribution in [0.1, 0.15) is 11.4 Å². The van der Waals surface area contributed by atoms with E-state index in [0.29, 0.717) is 30.5 Å². The number of hydrogen-bond acceptors (Lipinski definition) is 9. The Morgan fingerprint density at radius 2 is 1.82 bits per heavy atom. The van der Waals surface area contributed by atoms with E-state index in [9.17, 15) is 14.9 Å². The smallest absolute Gasteiger partial charge is 0.410 e. The molecule has 1 fully saturated rings. The van der Waals surface area contributed by atoms with Gasteiger partial charge in [-0.15, -0.1) is 0 Å². The molecule has 11 nitrogen and oxygen atoms in total. The average molecular weight is 464 g/mol. The zero-order valence-electron chi connectivity index (χ0n) is 18.8. The van der Waals surface area contributed by atoms with E-state index in [1.54, 1.807) is 6.07 Å². The predicted octanol–water partition coefficient (Wildman–Crippen LogP) is 4.19. The number of amides is 1. The Hall–Kier alpha value is -4.25. The summed E-state index contributed by atoms with van der Waals surface area (Å²) in [6.45, 7) is 6.56. The number of nitrogens with one attached hydrogen (secondary N) is 2. The number of nitro groups is 1. The van der Waals surface area contributed by atoms with Crippen molar-refractivity contribution >= 4 is 34.8 Å². The van der Waals surface area contributed by atoms with E-state index in [-0.39, 0.29) is 11.4 Å². The summed E-state index contributed by atoms with van der Waals surface area (Å²) in [4.78, 5) is 33.8. The predicted molar refractivity (Wildman–Crippen MR) is 127 cm³/mol. The Labute approximate surface area is 195 Å². The number of hydrogen-bond donors (Lipinski definition) is 2. The second-order valence-electron chi connectivity index (χ2n) is 7.68. The summed E-state index contributed by atoms with van der Waals surface area (Å²) in [7, 11) is 0. The van der Waals surface area contributed by atoms with Gasteiger partial charge in [0.15, 0.2) is 0 Å². The Morgan fingerprint density at radius 3 is 2.53 bits per heavy atom. The first-order valence-corrected chi connectivity index (χ1v) is 10.7. The number of aryl methyl sites for hydroxylation is 2. The van der Waals surface area contributed by atoms with Gasteiger partial charge in [0.1, 0.15) is 23.2 Å². The molecule has 0 bridgehead atoms. The molecule has 0 saturated carbocycles. The molecule has 1 amide bonds. The third-order valence-corrected chi connectivity index (χ3v) is 5.16. The van der Waals surface area contributed by atoms with Crippen LogP contribution in [0.5, 0.6) is 5.75 Å². The highest BCUT2D eigenvalue weighted by atomic mass is 16.6. The molecule has 0 radical (unpaired) electrons. The zero-order chi connectivity index (χ0) is 24.1. The van der Waals surface area contributed by atoms with Crippen LogP contribution in [-0.2, 0) is 4.74 Å². The molecule has 0 unspecified atom stereocenters. The molecular formula is C23H24N6O5. The lowest BCUT2D eigenvalue weighted by Gasteiger charge is -2.28. The SMILES string of the molecule is Cc1nc(Nc2ccc(C)c(NC(=O)Oc3ccc([N+](=O)[O-])cc3)c2)cc(N2CCOCC2)n1. The summed E-state index contributed by atoms with van der Waals surface area (Å²) < 4.78 is 10.6. The van der Waals surface area contributed by atoms with Gasteiger partial charge in [-0.25, -0.2) is 14.8 Å². The maximum atomic E-state index is 12.4. The van der Waals surface area contributed by atoms with Crippen LogP contribution in [-0.4, -0.2) is 47.3 Å². The van der Waals surface area contributed by atoms with Gasteiger partial charge in [-0.05, 0) is 43.7 Å². The third-order valence-electron chi connectivity index (χ3n) is 5.16. The van der Waals surface area contributed by atoms with Gasteiger partial charge in [-0.3, -0.25) is 15.4 Å². The van der Waals surface area contributed by atoms with Crippen LogP contribution in [0.4, 0.5) is 33.5 Å². The fourth-order valence-electron chi connectivity index (χ4n) is 3.43. The largest absolute Gasteiger partial charge is 0.417 e. The van der Waals surface area contributed by atoms with Gasteiger partial charge in [-0.1, -0.05) is 6.07 Å². The zero-order valence-corrected chi connectivity index (χ0v) is 18.8. The van der Waals surface area contributed by atoms with Gasteiger partial charge < -0.3 is 19.7 Å². The van der Waals surface area contributed by atoms with Gasteiger partial charge in [0.25, 0.3) is 5.69 Å². The van der Waals surface area contributed by atoms with Crippen molar-refractivity contribution in [2.45, 2.75) is 13.8 Å². The van der Waals surface area contributed by atoms with Gasteiger partial charge in [0, 0.05) is 42.7 Å². The molecule has 11 heteroatoms. The summed E-state index contributed by atoms with van der Waals surface area (Å²) in [5, 5.41) is 16.7. The fraction of sp³-hybridized carbons (Fsp3) is 0.261. The van der Waals surface area contributed by atoms with Crippen LogP contribution in [0.3, 0.4) is 0 Å². The van der Waals surface area contributed by atoms with E-state index in [1.807, 2.05) is 32.0 Å². The van der Waals surface area contributed by atoms with Gasteiger partial charge in [-0.2, -0.15) is 0 Å². The molecule has 4 rings (SSSR count). The van der Waals surface area contributed by atoms with E-state index in [1.165, 1.54) is 24.3 Å². The first-order valence-electron chi connectivity index (χ1n) is 10.7. The van der Waals surface area contributed by atoms with Crippen molar-refractivity contribution in [2.24, 2.45) is 0 Å². The van der Waals surface area contributed by atoms with Crippen LogP contribution in [0.15, 0.2) is 48.5 Å². The topological polar surface area (TPSA) is 132 Å². The van der Waals surface area contributed by atoms with E-state index in [2.05, 4.69) is 25.5 Å². The lowest BCUT2D eigenvalue weighted by molar-refractivity contribution is -0.384. The number of morpholine rings is 1. The number of nitro benzene ring substituents is 1. The second-order valence-corrected chi connectivity index (χ2v) is 7.68. The Bertz CT molecular complexity index is 1190. The van der Waals surface area contributed by atoms with Crippen LogP contribution < -0.4 is 20.3 Å². The van der Waals surface area contributed by atoms with E-state index >= 15 is 0 Å². The minimum absolute atomic E-state index is 0.0842. The van der Waals surface area contributed by atoms with Crippen molar-refractivity contribution in [1.82, 2.24) is 9.97 Å². The molecule has 176 valence electrons. The minimum Gasteiger partial charge on any atom is -0.410 e. The van der Waals surface area contributed by atoms with Crippen molar-refractivity contribution in [2.75, 3.05) is 41.8 Å². The summed E-state index contributed by atoms with van der Waals surface area (Å²) in [6, 6.07) is 12.7. The van der Waals surface area contributed by atoms with Crippen molar-refractivity contribution in [3.63, 3.8) is 0 Å². The quantitative estimate of drug-likeness (QED) is 0.407. The monoisotopic (exact) mass is 464 g/mol. The minimum atomic E-state index is -0.707. The first-order chi connectivity index (χ1) is 16.4. The second kappa shape index (κ2) is 10.1. The molecular weight excluding hydrogens is 440 g/mol. The van der Waals surface area contributed by atoms with Gasteiger partial charge >= 0.3 is 6.09 Å². The molecule has 3 aromatic rings. The van der Waals surface area contributed by atoms with Gasteiger partial charge in [0.2, 0.25) is 0 Å². The Kier molecular flexibility index (Phi) is 6.83. The number of carbonyl (C=O) groups is 1. The molecule has 2 N–H and O–H groups in total. The number of anilines is 4. The lowest BCUT2D eigenvalue weighted by Crippen LogP contribution is -2.36. The highest BCUT2D eigenvalue weighted by Crippen LogP contribution is 2.25. The number of benzene rings is 2. The number of rotatable bonds is 6. The van der Waals surface area contributed by atoms with Crippen LogP contribution in [0, 0.1) is 24.0 Å². The van der Waals surface area contributed by atoms with Crippen molar-refractivity contribution < 1.29 is 19.2 Å². The highest BCUT2D eigenvalue weighted by molar-refractivity contribution is 5.88. The lowest BCUT2D eigenvalue weighted by atomic mass is 10.2. The highest BCUT2D eigenvalue weighted by Gasteiger charge is 2.15.